The number of hydrogen-bond donors (Lipinski definition) is 0. The van der Waals surface area contributed by atoms with Crippen molar-refractivity contribution in [3.63, 3.8) is 0 Å². The van der Waals surface area contributed by atoms with E-state index in [1.54, 1.807) is 0 Å². The van der Waals surface area contributed by atoms with E-state index in [9.17, 15) is 0 Å². The maximum Gasteiger partial charge on any atom is 2.00 e. The van der Waals surface area contributed by atoms with Crippen LogP contribution in [0.1, 0.15) is 8.56 Å². The second-order valence-electron chi connectivity index (χ2n) is 0. The summed E-state index contributed by atoms with van der Waals surface area (Å²) in [5.74, 6) is 0. The summed E-state index contributed by atoms with van der Waals surface area (Å²) in [6.07, 6.45) is 0. The third kappa shape index (κ3) is 10.3. The second kappa shape index (κ2) is 15.7. The van der Waals surface area contributed by atoms with E-state index in [4.69, 9.17) is 0 Å². The van der Waals surface area contributed by atoms with E-state index in [-0.39, 0.29) is 168 Å². The van der Waals surface area contributed by atoms with Gasteiger partial charge in [0.2, 0.25) is 0 Å². The molecule has 0 aliphatic carbocycles. The zero-order valence-corrected chi connectivity index (χ0v) is 18.5. The maximum absolute atomic E-state index is 0. The Bertz CT molecular complexity index is 17.7. The molecule has 0 heterocycles. The second-order valence-corrected chi connectivity index (χ2v) is 0. The summed E-state index contributed by atoms with van der Waals surface area (Å²) >= 11 is 0. The van der Waals surface area contributed by atoms with Gasteiger partial charge in [-0.2, -0.15) is 0 Å². The van der Waals surface area contributed by atoms with Crippen LogP contribution in [0.4, 0.5) is 0 Å². The SMILES string of the molecule is [Ba+2].[Ca+2].[H-].[H-].[H-].[H-].[H-].[H-].[Hg].[Sr+2]. The summed E-state index contributed by atoms with van der Waals surface area (Å²) in [5.41, 5.74) is 0. The van der Waals surface area contributed by atoms with Gasteiger partial charge in [-0.05, 0) is 0 Å². The van der Waals surface area contributed by atoms with Crippen LogP contribution in [0.25, 0.3) is 0 Å². The van der Waals surface area contributed by atoms with Crippen molar-refractivity contribution >= 4 is 132 Å². The fraction of sp³-hybridized carbons (Fsp3) is 0. The molecule has 0 atom stereocenters. The van der Waals surface area contributed by atoms with E-state index in [1.165, 1.54) is 0 Å². The fourth-order valence-corrected chi connectivity index (χ4v) is 0. The van der Waals surface area contributed by atoms with Gasteiger partial charge in [-0.1, -0.05) is 0 Å². The van der Waals surface area contributed by atoms with E-state index >= 15 is 0 Å². The summed E-state index contributed by atoms with van der Waals surface area (Å²) < 4.78 is 0. The molecule has 0 fully saturated rings. The molecule has 0 amide bonds. The van der Waals surface area contributed by atoms with E-state index in [2.05, 4.69) is 0 Å². The minimum atomic E-state index is 0. The standard InChI is InChI=1S/Ba.Ca.Hg.Sr.6H/q2*+2;;+2;6*-1. The third-order valence-corrected chi connectivity index (χ3v) is 0. The van der Waals surface area contributed by atoms with Crippen molar-refractivity contribution in [3.8, 4) is 0 Å². The average Bonchev–Trinajstić information content (AvgIpc) is 0. The van der Waals surface area contributed by atoms with Crippen LogP contribution in [-0.2, 0) is 27.7 Å². The van der Waals surface area contributed by atoms with Crippen LogP contribution in [0.15, 0.2) is 0 Å². The average molecular weight is 472 g/mol. The number of hydrogen-bond acceptors (Lipinski definition) is 0. The first-order valence-electron chi connectivity index (χ1n) is 0. The van der Waals surface area contributed by atoms with E-state index in [0.717, 1.165) is 0 Å². The van der Waals surface area contributed by atoms with Gasteiger partial charge >= 0.3 is 132 Å². The molecule has 0 aromatic carbocycles. The molecule has 0 rings (SSSR count). The van der Waals surface area contributed by atoms with Crippen LogP contribution in [0, 0.1) is 0 Å². The Morgan fingerprint density at radius 3 is 1.25 bits per heavy atom. The van der Waals surface area contributed by atoms with Crippen molar-refractivity contribution in [1.29, 1.82) is 0 Å². The molecule has 0 radical (unpaired) electrons. The number of rotatable bonds is 0. The Labute approximate surface area is 163 Å². The molecule has 0 N–H and O–H groups in total. The van der Waals surface area contributed by atoms with E-state index in [0.29, 0.717) is 0 Å². The fourth-order valence-electron chi connectivity index (χ4n) is 0. The Morgan fingerprint density at radius 2 is 1.25 bits per heavy atom. The Hall–Kier alpha value is 5.25. The molecule has 0 aromatic heterocycles. The molecule has 0 aliphatic heterocycles. The van der Waals surface area contributed by atoms with Crippen LogP contribution < -0.4 is 0 Å². The van der Waals surface area contributed by atoms with Crippen LogP contribution in [0.5, 0.6) is 0 Å². The van der Waals surface area contributed by atoms with Crippen molar-refractivity contribution in [1.82, 2.24) is 0 Å². The van der Waals surface area contributed by atoms with Gasteiger partial charge in [0, 0.05) is 27.7 Å². The Balaban J connectivity index is 0. The van der Waals surface area contributed by atoms with Gasteiger partial charge in [-0.25, -0.2) is 0 Å². The predicted octanol–water partition coefficient (Wildman–Crippen LogP) is -0.470. The molecule has 0 spiro atoms. The zero-order valence-electron chi connectivity index (χ0n) is 8.83. The Kier molecular flexibility index (Phi) is 89.8. The van der Waals surface area contributed by atoms with Crippen LogP contribution in [-0.4, -0.2) is 132 Å². The normalized spacial score (nSPS) is 0. The van der Waals surface area contributed by atoms with Crippen LogP contribution in [0.2, 0.25) is 0 Å². The van der Waals surface area contributed by atoms with Crippen molar-refractivity contribution in [2.75, 3.05) is 0 Å². The molecular weight excluding hydrogens is 466 g/mol. The quantitative estimate of drug-likeness (QED) is 0.419. The largest absolute Gasteiger partial charge is 2.00 e. The monoisotopic (exact) mass is 474 g/mol. The smallest absolute Gasteiger partial charge is 1.00 e. The van der Waals surface area contributed by atoms with Crippen molar-refractivity contribution in [2.24, 2.45) is 0 Å². The van der Waals surface area contributed by atoms with Crippen molar-refractivity contribution in [2.45, 2.75) is 0 Å². The first-order chi connectivity index (χ1) is 0. The topological polar surface area (TPSA) is 0 Å². The molecule has 0 aromatic rings. The van der Waals surface area contributed by atoms with Gasteiger partial charge in [0.05, 0.1) is 0 Å². The molecule has 4 heavy (non-hydrogen) atoms. The van der Waals surface area contributed by atoms with Crippen molar-refractivity contribution in [3.05, 3.63) is 0 Å². The van der Waals surface area contributed by atoms with Gasteiger partial charge in [-0.3, -0.25) is 0 Å². The summed E-state index contributed by atoms with van der Waals surface area (Å²) in [4.78, 5) is 0. The van der Waals surface area contributed by atoms with Crippen molar-refractivity contribution < 1.29 is 36.2 Å². The molecule has 0 aliphatic rings. The molecule has 0 unspecified atom stereocenters. The molecule has 0 saturated heterocycles. The maximum atomic E-state index is 0. The summed E-state index contributed by atoms with van der Waals surface area (Å²) in [5, 5.41) is 0. The van der Waals surface area contributed by atoms with Gasteiger partial charge in [0.25, 0.3) is 0 Å². The summed E-state index contributed by atoms with van der Waals surface area (Å²) in [6.45, 7) is 0. The molecule has 0 saturated carbocycles. The van der Waals surface area contributed by atoms with Gasteiger partial charge in [0.1, 0.15) is 0 Å². The van der Waals surface area contributed by atoms with E-state index in [1.807, 2.05) is 0 Å². The van der Waals surface area contributed by atoms with Gasteiger partial charge < -0.3 is 8.56 Å². The third-order valence-electron chi connectivity index (χ3n) is 0. The Morgan fingerprint density at radius 1 is 1.25 bits per heavy atom. The molecule has 0 bridgehead atoms. The molecule has 4 heteroatoms. The predicted molar refractivity (Wildman–Crippen MR) is 23.9 cm³/mol. The molecule has 14 valence electrons. The van der Waals surface area contributed by atoms with Crippen LogP contribution in [0.3, 0.4) is 0 Å². The zero-order chi connectivity index (χ0) is 0. The first-order valence-corrected chi connectivity index (χ1v) is 0. The molecule has 0 nitrogen and oxygen atoms in total. The van der Waals surface area contributed by atoms with E-state index < -0.39 is 0 Å². The van der Waals surface area contributed by atoms with Crippen LogP contribution >= 0.6 is 0 Å². The van der Waals surface area contributed by atoms with Gasteiger partial charge in [-0.15, -0.1) is 0 Å². The molecular formula is H6BaCaHgSr. The first kappa shape index (κ1) is 22.8. The summed E-state index contributed by atoms with van der Waals surface area (Å²) in [6, 6.07) is 0. The summed E-state index contributed by atoms with van der Waals surface area (Å²) in [7, 11) is 0. The van der Waals surface area contributed by atoms with Gasteiger partial charge in [0.15, 0.2) is 0 Å². The minimum absolute atomic E-state index is 0. The minimum Gasteiger partial charge on any atom is -1.00 e.